The Morgan fingerprint density at radius 3 is 2.62 bits per heavy atom. The van der Waals surface area contributed by atoms with Gasteiger partial charge in [0, 0.05) is 6.07 Å². The third-order valence-electron chi connectivity index (χ3n) is 1.58. The van der Waals surface area contributed by atoms with E-state index in [9.17, 15) is 9.90 Å². The van der Waals surface area contributed by atoms with E-state index in [0.29, 0.717) is 0 Å². The highest BCUT2D eigenvalue weighted by molar-refractivity contribution is 5.92. The number of hydrogen-bond acceptors (Lipinski definition) is 4. The summed E-state index contributed by atoms with van der Waals surface area (Å²) >= 11 is 0. The van der Waals surface area contributed by atoms with Gasteiger partial charge in [0.15, 0.2) is 0 Å². The van der Waals surface area contributed by atoms with Crippen molar-refractivity contribution in [3.63, 3.8) is 0 Å². The second-order valence-electron chi connectivity index (χ2n) is 2.42. The van der Waals surface area contributed by atoms with Gasteiger partial charge in [0.2, 0.25) is 0 Å². The average Bonchev–Trinajstić information content (AvgIpc) is 2.07. The standard InChI is InChI=1S/C8H9NO4/c1-13-7-3-6(10)4(8(11)12)2-5(7)9/h2-3,10H,9H2,1H3,(H,11,12). The summed E-state index contributed by atoms with van der Waals surface area (Å²) in [4.78, 5) is 10.5. The molecular weight excluding hydrogens is 174 g/mol. The molecule has 70 valence electrons. The van der Waals surface area contributed by atoms with Crippen LogP contribution in [0.2, 0.25) is 0 Å². The number of rotatable bonds is 2. The fourth-order valence-electron chi connectivity index (χ4n) is 0.934. The number of carboxylic acids is 1. The average molecular weight is 183 g/mol. The van der Waals surface area contributed by atoms with E-state index in [1.54, 1.807) is 0 Å². The smallest absolute Gasteiger partial charge is 0.339 e. The number of carboxylic acid groups (broad SMARTS) is 1. The third-order valence-corrected chi connectivity index (χ3v) is 1.58. The molecule has 1 aromatic carbocycles. The molecule has 0 spiro atoms. The molecule has 0 radical (unpaired) electrons. The highest BCUT2D eigenvalue weighted by Crippen LogP contribution is 2.29. The molecule has 0 atom stereocenters. The Labute approximate surface area is 74.4 Å². The van der Waals surface area contributed by atoms with E-state index < -0.39 is 5.97 Å². The van der Waals surface area contributed by atoms with Gasteiger partial charge in [0.1, 0.15) is 17.1 Å². The fourth-order valence-corrected chi connectivity index (χ4v) is 0.934. The van der Waals surface area contributed by atoms with Crippen LogP contribution in [0.5, 0.6) is 11.5 Å². The maximum atomic E-state index is 10.5. The van der Waals surface area contributed by atoms with Crippen molar-refractivity contribution >= 4 is 11.7 Å². The summed E-state index contributed by atoms with van der Waals surface area (Å²) in [7, 11) is 1.38. The van der Waals surface area contributed by atoms with Crippen molar-refractivity contribution in [1.29, 1.82) is 0 Å². The topological polar surface area (TPSA) is 92.8 Å². The molecule has 1 rings (SSSR count). The van der Waals surface area contributed by atoms with E-state index in [-0.39, 0.29) is 22.7 Å². The maximum Gasteiger partial charge on any atom is 0.339 e. The van der Waals surface area contributed by atoms with Gasteiger partial charge in [-0.3, -0.25) is 0 Å². The summed E-state index contributed by atoms with van der Waals surface area (Å²) in [5, 5.41) is 17.8. The monoisotopic (exact) mass is 183 g/mol. The Kier molecular flexibility index (Phi) is 2.27. The van der Waals surface area contributed by atoms with Gasteiger partial charge < -0.3 is 20.7 Å². The van der Waals surface area contributed by atoms with Crippen molar-refractivity contribution in [3.8, 4) is 11.5 Å². The van der Waals surface area contributed by atoms with Crippen LogP contribution in [0.4, 0.5) is 5.69 Å². The van der Waals surface area contributed by atoms with Crippen molar-refractivity contribution in [3.05, 3.63) is 17.7 Å². The first-order valence-electron chi connectivity index (χ1n) is 3.46. The van der Waals surface area contributed by atoms with Crippen LogP contribution in [0.1, 0.15) is 10.4 Å². The number of benzene rings is 1. The van der Waals surface area contributed by atoms with Gasteiger partial charge in [-0.25, -0.2) is 4.79 Å². The Morgan fingerprint density at radius 2 is 2.15 bits per heavy atom. The number of ether oxygens (including phenoxy) is 1. The largest absolute Gasteiger partial charge is 0.507 e. The Hall–Kier alpha value is -1.91. The van der Waals surface area contributed by atoms with Crippen molar-refractivity contribution in [1.82, 2.24) is 0 Å². The lowest BCUT2D eigenvalue weighted by atomic mass is 10.1. The minimum atomic E-state index is -1.23. The predicted octanol–water partition coefficient (Wildman–Crippen LogP) is 0.681. The molecule has 0 heterocycles. The Balaban J connectivity index is 3.28. The first-order valence-corrected chi connectivity index (χ1v) is 3.46. The summed E-state index contributed by atoms with van der Waals surface area (Å²) in [5.41, 5.74) is 5.38. The molecule has 1 aromatic rings. The van der Waals surface area contributed by atoms with E-state index in [2.05, 4.69) is 0 Å². The molecular formula is C8H9NO4. The maximum absolute atomic E-state index is 10.5. The minimum Gasteiger partial charge on any atom is -0.507 e. The molecule has 0 saturated carbocycles. The number of aromatic carboxylic acids is 1. The number of hydrogen-bond donors (Lipinski definition) is 3. The number of methoxy groups -OCH3 is 1. The normalized spacial score (nSPS) is 9.62. The van der Waals surface area contributed by atoms with Crippen LogP contribution in [0.3, 0.4) is 0 Å². The summed E-state index contributed by atoms with van der Waals surface area (Å²) in [6.07, 6.45) is 0. The minimum absolute atomic E-state index is 0.178. The molecule has 0 fully saturated rings. The van der Waals surface area contributed by atoms with Crippen LogP contribution < -0.4 is 10.5 Å². The fraction of sp³-hybridized carbons (Fsp3) is 0.125. The van der Waals surface area contributed by atoms with Crippen LogP contribution in [-0.4, -0.2) is 23.3 Å². The zero-order valence-corrected chi connectivity index (χ0v) is 6.94. The zero-order chi connectivity index (χ0) is 10.0. The molecule has 0 aliphatic heterocycles. The van der Waals surface area contributed by atoms with Gasteiger partial charge >= 0.3 is 5.97 Å². The molecule has 4 N–H and O–H groups in total. The third kappa shape index (κ3) is 1.64. The number of anilines is 1. The van der Waals surface area contributed by atoms with Crippen LogP contribution >= 0.6 is 0 Å². The Bertz CT molecular complexity index is 348. The molecule has 0 aliphatic carbocycles. The second-order valence-corrected chi connectivity index (χ2v) is 2.42. The Morgan fingerprint density at radius 1 is 1.54 bits per heavy atom. The quantitative estimate of drug-likeness (QED) is 0.463. The summed E-state index contributed by atoms with van der Waals surface area (Å²) < 4.78 is 4.78. The lowest BCUT2D eigenvalue weighted by Gasteiger charge is -2.06. The summed E-state index contributed by atoms with van der Waals surface area (Å²) in [5.74, 6) is -1.34. The van der Waals surface area contributed by atoms with E-state index in [0.717, 1.165) is 6.07 Å². The first-order chi connectivity index (χ1) is 6.06. The summed E-state index contributed by atoms with van der Waals surface area (Å²) in [6, 6.07) is 2.31. The van der Waals surface area contributed by atoms with Crippen LogP contribution in [0.15, 0.2) is 12.1 Å². The van der Waals surface area contributed by atoms with E-state index >= 15 is 0 Å². The van der Waals surface area contributed by atoms with Crippen molar-refractivity contribution < 1.29 is 19.7 Å². The van der Waals surface area contributed by atoms with Crippen LogP contribution in [0.25, 0.3) is 0 Å². The molecule has 0 aromatic heterocycles. The molecule has 5 nitrogen and oxygen atoms in total. The van der Waals surface area contributed by atoms with Gasteiger partial charge in [-0.05, 0) is 6.07 Å². The van der Waals surface area contributed by atoms with Gasteiger partial charge in [-0.2, -0.15) is 0 Å². The molecule has 0 amide bonds. The van der Waals surface area contributed by atoms with E-state index in [1.165, 1.54) is 13.2 Å². The molecule has 5 heteroatoms. The van der Waals surface area contributed by atoms with Gasteiger partial charge in [-0.15, -0.1) is 0 Å². The second kappa shape index (κ2) is 3.22. The number of carbonyl (C=O) groups is 1. The highest BCUT2D eigenvalue weighted by atomic mass is 16.5. The number of phenols is 1. The number of nitrogen functional groups attached to an aromatic ring is 1. The lowest BCUT2D eigenvalue weighted by molar-refractivity contribution is 0.0694. The molecule has 0 saturated heterocycles. The van der Waals surface area contributed by atoms with E-state index in [4.69, 9.17) is 15.6 Å². The van der Waals surface area contributed by atoms with Crippen molar-refractivity contribution in [2.24, 2.45) is 0 Å². The molecule has 0 unspecified atom stereocenters. The lowest BCUT2D eigenvalue weighted by Crippen LogP contribution is -2.00. The molecule has 0 bridgehead atoms. The van der Waals surface area contributed by atoms with Gasteiger partial charge in [-0.1, -0.05) is 0 Å². The van der Waals surface area contributed by atoms with Crippen molar-refractivity contribution in [2.75, 3.05) is 12.8 Å². The first kappa shape index (κ1) is 9.18. The SMILES string of the molecule is COc1cc(O)c(C(=O)O)cc1N. The zero-order valence-electron chi connectivity index (χ0n) is 6.94. The van der Waals surface area contributed by atoms with Crippen LogP contribution in [-0.2, 0) is 0 Å². The number of nitrogens with two attached hydrogens (primary N) is 1. The number of aromatic hydroxyl groups is 1. The van der Waals surface area contributed by atoms with Crippen LogP contribution in [0, 0.1) is 0 Å². The summed E-state index contributed by atoms with van der Waals surface area (Å²) in [6.45, 7) is 0. The predicted molar refractivity (Wildman–Crippen MR) is 46.0 cm³/mol. The van der Waals surface area contributed by atoms with E-state index in [1.807, 2.05) is 0 Å². The highest BCUT2D eigenvalue weighted by Gasteiger charge is 2.12. The van der Waals surface area contributed by atoms with Gasteiger partial charge in [0.25, 0.3) is 0 Å². The van der Waals surface area contributed by atoms with Crippen molar-refractivity contribution in [2.45, 2.75) is 0 Å². The van der Waals surface area contributed by atoms with Gasteiger partial charge in [0.05, 0.1) is 12.8 Å². The molecule has 0 aliphatic rings. The molecule has 13 heavy (non-hydrogen) atoms.